The number of aliphatic imine (C=N–C) groups is 1. The molecule has 2 aromatic carbocycles. The molecule has 0 bridgehead atoms. The average molecular weight is 466 g/mol. The molecular formula is C19H11BrClFN2O2S. The minimum Gasteiger partial charge on any atom is -0.493 e. The predicted molar refractivity (Wildman–Crippen MR) is 111 cm³/mol. The van der Waals surface area contributed by atoms with Crippen molar-refractivity contribution in [2.45, 2.75) is 6.54 Å². The number of thiazole rings is 1. The maximum absolute atomic E-state index is 14.0. The quantitative estimate of drug-likeness (QED) is 0.557. The standard InChI is InChI=1S/C19H11BrClFN2O2S/c20-11-4-5-16-12(7-11)10(8-23-16)6-17-18(25)24(19(26)27-17)9-13-14(21)2-1-3-15(13)22/h1-8,25H,9H2/b10-6-. The molecule has 2 heterocycles. The van der Waals surface area contributed by atoms with Crippen LogP contribution in [0.1, 0.15) is 16.0 Å². The highest BCUT2D eigenvalue weighted by Crippen LogP contribution is 2.36. The van der Waals surface area contributed by atoms with Gasteiger partial charge < -0.3 is 5.11 Å². The summed E-state index contributed by atoms with van der Waals surface area (Å²) in [6.45, 7) is -0.147. The molecule has 0 saturated heterocycles. The summed E-state index contributed by atoms with van der Waals surface area (Å²) in [5.41, 5.74) is 2.64. The summed E-state index contributed by atoms with van der Waals surface area (Å²) < 4.78 is 16.0. The van der Waals surface area contributed by atoms with E-state index in [1.165, 1.54) is 12.1 Å². The normalized spacial score (nSPS) is 14.1. The molecule has 1 aliphatic rings. The second kappa shape index (κ2) is 7.07. The van der Waals surface area contributed by atoms with Crippen molar-refractivity contribution >= 4 is 62.4 Å². The van der Waals surface area contributed by atoms with Crippen molar-refractivity contribution in [3.63, 3.8) is 0 Å². The van der Waals surface area contributed by atoms with Gasteiger partial charge in [-0.1, -0.05) is 44.9 Å². The summed E-state index contributed by atoms with van der Waals surface area (Å²) in [5, 5.41) is 10.7. The van der Waals surface area contributed by atoms with Crippen molar-refractivity contribution < 1.29 is 9.50 Å². The van der Waals surface area contributed by atoms with Crippen LogP contribution >= 0.6 is 38.9 Å². The van der Waals surface area contributed by atoms with Crippen molar-refractivity contribution in [3.8, 4) is 5.88 Å². The highest BCUT2D eigenvalue weighted by Gasteiger charge is 2.18. The number of aromatic nitrogens is 1. The molecule has 136 valence electrons. The Labute approximate surface area is 171 Å². The molecule has 0 fully saturated rings. The Kier molecular flexibility index (Phi) is 4.75. The van der Waals surface area contributed by atoms with Crippen molar-refractivity contribution in [2.75, 3.05) is 0 Å². The average Bonchev–Trinajstić information content (AvgIpc) is 3.13. The SMILES string of the molecule is O=c1sc(/C=C2/C=Nc3ccc(Br)cc32)c(O)n1Cc1c(F)cccc1Cl. The minimum absolute atomic E-state index is 0.147. The Morgan fingerprint density at radius 3 is 2.93 bits per heavy atom. The first-order valence-corrected chi connectivity index (χ1v) is 9.84. The largest absolute Gasteiger partial charge is 0.493 e. The Morgan fingerprint density at radius 1 is 1.33 bits per heavy atom. The van der Waals surface area contributed by atoms with E-state index in [0.29, 0.717) is 4.88 Å². The highest BCUT2D eigenvalue weighted by molar-refractivity contribution is 9.10. The van der Waals surface area contributed by atoms with Gasteiger partial charge in [0.25, 0.3) is 0 Å². The Bertz CT molecular complexity index is 1160. The first-order valence-electron chi connectivity index (χ1n) is 7.85. The van der Waals surface area contributed by atoms with E-state index in [2.05, 4.69) is 20.9 Å². The molecule has 0 radical (unpaired) electrons. The van der Waals surface area contributed by atoms with Gasteiger partial charge in [0.2, 0.25) is 5.88 Å². The monoisotopic (exact) mass is 464 g/mol. The molecule has 0 saturated carbocycles. The zero-order valence-corrected chi connectivity index (χ0v) is 16.8. The molecule has 1 aliphatic heterocycles. The van der Waals surface area contributed by atoms with Gasteiger partial charge in [-0.05, 0) is 36.4 Å². The highest BCUT2D eigenvalue weighted by atomic mass is 79.9. The van der Waals surface area contributed by atoms with Gasteiger partial charge in [-0.15, -0.1) is 0 Å². The maximum Gasteiger partial charge on any atom is 0.310 e. The van der Waals surface area contributed by atoms with E-state index in [9.17, 15) is 14.3 Å². The van der Waals surface area contributed by atoms with Crippen LogP contribution < -0.4 is 4.87 Å². The number of fused-ring (bicyclic) bond motifs is 1. The second-order valence-corrected chi connectivity index (χ2v) is 8.18. The van der Waals surface area contributed by atoms with E-state index in [1.807, 2.05) is 18.2 Å². The van der Waals surface area contributed by atoms with Gasteiger partial charge in [-0.25, -0.2) is 4.39 Å². The third-order valence-corrected chi connectivity index (χ3v) is 5.93. The molecule has 0 aliphatic carbocycles. The molecule has 8 heteroatoms. The number of hydrogen-bond acceptors (Lipinski definition) is 4. The van der Waals surface area contributed by atoms with Crippen molar-refractivity contribution in [2.24, 2.45) is 4.99 Å². The summed E-state index contributed by atoms with van der Waals surface area (Å²) >= 11 is 10.3. The number of rotatable bonds is 3. The molecular weight excluding hydrogens is 455 g/mol. The number of halogens is 3. The molecule has 0 amide bonds. The van der Waals surface area contributed by atoms with Crippen LogP contribution in [-0.2, 0) is 6.54 Å². The van der Waals surface area contributed by atoms with Gasteiger partial charge in [-0.3, -0.25) is 14.4 Å². The zero-order chi connectivity index (χ0) is 19.1. The van der Waals surface area contributed by atoms with Crippen LogP contribution in [0.5, 0.6) is 5.88 Å². The second-order valence-electron chi connectivity index (χ2n) is 5.86. The molecule has 0 spiro atoms. The van der Waals surface area contributed by atoms with E-state index < -0.39 is 10.7 Å². The summed E-state index contributed by atoms with van der Waals surface area (Å²) in [5.74, 6) is -0.754. The number of hydrogen-bond donors (Lipinski definition) is 1. The van der Waals surface area contributed by atoms with E-state index in [-0.39, 0.29) is 23.0 Å². The topological polar surface area (TPSA) is 54.6 Å². The summed E-state index contributed by atoms with van der Waals surface area (Å²) in [4.78, 5) is 16.6. The van der Waals surface area contributed by atoms with Crippen LogP contribution in [0.25, 0.3) is 11.6 Å². The number of allylic oxidation sites excluding steroid dienone is 1. The smallest absolute Gasteiger partial charge is 0.310 e. The maximum atomic E-state index is 14.0. The summed E-state index contributed by atoms with van der Waals surface area (Å²) in [6.07, 6.45) is 3.38. The Hall–Kier alpha value is -2.22. The lowest BCUT2D eigenvalue weighted by Gasteiger charge is -2.07. The summed E-state index contributed by atoms with van der Waals surface area (Å²) in [7, 11) is 0. The molecule has 0 atom stereocenters. The molecule has 1 aromatic heterocycles. The third-order valence-electron chi connectivity index (χ3n) is 4.17. The molecule has 3 aromatic rings. The molecule has 0 unspecified atom stereocenters. The van der Waals surface area contributed by atoms with Crippen LogP contribution in [0, 0.1) is 5.82 Å². The van der Waals surface area contributed by atoms with Crippen LogP contribution in [0.15, 0.2) is 50.7 Å². The van der Waals surface area contributed by atoms with Crippen LogP contribution in [0.4, 0.5) is 10.1 Å². The first-order chi connectivity index (χ1) is 12.9. The van der Waals surface area contributed by atoms with Gasteiger partial charge in [-0.2, -0.15) is 0 Å². The van der Waals surface area contributed by atoms with Crippen LogP contribution in [0.3, 0.4) is 0 Å². The fourth-order valence-corrected chi connectivity index (χ4v) is 4.23. The van der Waals surface area contributed by atoms with Gasteiger partial charge >= 0.3 is 4.87 Å². The Balaban J connectivity index is 1.74. The number of benzene rings is 2. The van der Waals surface area contributed by atoms with Gasteiger partial charge in [0, 0.05) is 32.4 Å². The van der Waals surface area contributed by atoms with E-state index in [4.69, 9.17) is 11.6 Å². The van der Waals surface area contributed by atoms with Gasteiger partial charge in [0.1, 0.15) is 5.82 Å². The fourth-order valence-electron chi connectivity index (χ4n) is 2.81. The van der Waals surface area contributed by atoms with Gasteiger partial charge in [0.15, 0.2) is 0 Å². The first kappa shape index (κ1) is 18.2. The van der Waals surface area contributed by atoms with Crippen LogP contribution in [-0.4, -0.2) is 15.9 Å². The van der Waals surface area contributed by atoms with Crippen LogP contribution in [0.2, 0.25) is 5.02 Å². The van der Waals surface area contributed by atoms with E-state index >= 15 is 0 Å². The van der Waals surface area contributed by atoms with Crippen molar-refractivity contribution in [1.82, 2.24) is 4.57 Å². The lowest BCUT2D eigenvalue weighted by molar-refractivity contribution is 0.418. The van der Waals surface area contributed by atoms with E-state index in [1.54, 1.807) is 18.4 Å². The minimum atomic E-state index is -0.526. The van der Waals surface area contributed by atoms with E-state index in [0.717, 1.165) is 37.2 Å². The van der Waals surface area contributed by atoms with Crippen molar-refractivity contribution in [3.05, 3.63) is 77.4 Å². The fraction of sp³-hybridized carbons (Fsp3) is 0.0526. The number of aromatic hydroxyl groups is 1. The molecule has 1 N–H and O–H groups in total. The zero-order valence-electron chi connectivity index (χ0n) is 13.6. The lowest BCUT2D eigenvalue weighted by Crippen LogP contribution is -2.14. The van der Waals surface area contributed by atoms with Crippen molar-refractivity contribution in [1.29, 1.82) is 0 Å². The number of nitrogens with zero attached hydrogens (tertiary/aromatic N) is 2. The molecule has 4 nitrogen and oxygen atoms in total. The molecule has 4 rings (SSSR count). The van der Waals surface area contributed by atoms with Gasteiger partial charge in [0.05, 0.1) is 17.1 Å². The molecule has 27 heavy (non-hydrogen) atoms. The Morgan fingerprint density at radius 2 is 2.15 bits per heavy atom. The summed E-state index contributed by atoms with van der Waals surface area (Å²) in [6, 6.07) is 9.99. The lowest BCUT2D eigenvalue weighted by atomic mass is 10.1. The third kappa shape index (κ3) is 3.38. The predicted octanol–water partition coefficient (Wildman–Crippen LogP) is 5.48.